The van der Waals surface area contributed by atoms with Crippen LogP contribution in [0.3, 0.4) is 0 Å². The summed E-state index contributed by atoms with van der Waals surface area (Å²) in [6, 6.07) is 7.72. The molecule has 0 atom stereocenters. The van der Waals surface area contributed by atoms with E-state index in [-0.39, 0.29) is 5.56 Å². The quantitative estimate of drug-likeness (QED) is 0.639. The number of allylic oxidation sites excluding steroid dienone is 1. The maximum atomic E-state index is 12.2. The van der Waals surface area contributed by atoms with Crippen molar-refractivity contribution in [3.63, 3.8) is 0 Å². The molecule has 0 aliphatic rings. The molecule has 66 valence electrons. The first-order valence-corrected chi connectivity index (χ1v) is 3.68. The SMILES string of the molecule is N#CC=Cc1cccc(C(F)F)c1. The van der Waals surface area contributed by atoms with Gasteiger partial charge in [-0.05, 0) is 17.7 Å². The molecule has 0 N–H and O–H groups in total. The zero-order chi connectivity index (χ0) is 9.68. The molecule has 1 nitrogen and oxygen atoms in total. The second-order valence-corrected chi connectivity index (χ2v) is 2.43. The van der Waals surface area contributed by atoms with Crippen LogP contribution in [0.25, 0.3) is 6.08 Å². The van der Waals surface area contributed by atoms with Crippen molar-refractivity contribution in [3.05, 3.63) is 41.5 Å². The number of nitrogens with zero attached hydrogens (tertiary/aromatic N) is 1. The predicted octanol–water partition coefficient (Wildman–Crippen LogP) is 3.16. The van der Waals surface area contributed by atoms with E-state index in [0.29, 0.717) is 5.56 Å². The third-order valence-electron chi connectivity index (χ3n) is 1.51. The molecule has 0 fully saturated rings. The molecule has 0 heterocycles. The van der Waals surface area contributed by atoms with Crippen LogP contribution in [0.5, 0.6) is 0 Å². The standard InChI is InChI=1S/C10H7F2N/c11-10(12)9-5-1-3-8(7-9)4-2-6-13/h1-5,7,10H. The summed E-state index contributed by atoms with van der Waals surface area (Å²) in [5.41, 5.74) is 0.583. The molecule has 0 aliphatic carbocycles. The van der Waals surface area contributed by atoms with Crippen LogP contribution >= 0.6 is 0 Å². The van der Waals surface area contributed by atoms with Crippen LogP contribution in [0.4, 0.5) is 8.78 Å². The van der Waals surface area contributed by atoms with Gasteiger partial charge in [-0.1, -0.05) is 18.2 Å². The Morgan fingerprint density at radius 1 is 1.38 bits per heavy atom. The number of hydrogen-bond acceptors (Lipinski definition) is 1. The highest BCUT2D eigenvalue weighted by molar-refractivity contribution is 5.52. The molecule has 1 aromatic carbocycles. The van der Waals surface area contributed by atoms with Crippen molar-refractivity contribution in [1.29, 1.82) is 5.26 Å². The summed E-state index contributed by atoms with van der Waals surface area (Å²) in [5.74, 6) is 0. The molecular weight excluding hydrogens is 172 g/mol. The third-order valence-corrected chi connectivity index (χ3v) is 1.51. The van der Waals surface area contributed by atoms with Gasteiger partial charge in [0.25, 0.3) is 6.43 Å². The Morgan fingerprint density at radius 2 is 2.15 bits per heavy atom. The van der Waals surface area contributed by atoms with Crippen molar-refractivity contribution in [2.45, 2.75) is 6.43 Å². The predicted molar refractivity (Wildman–Crippen MR) is 46.0 cm³/mol. The van der Waals surface area contributed by atoms with Crippen molar-refractivity contribution in [2.75, 3.05) is 0 Å². The number of benzene rings is 1. The fourth-order valence-corrected chi connectivity index (χ4v) is 0.932. The Morgan fingerprint density at radius 3 is 2.77 bits per heavy atom. The van der Waals surface area contributed by atoms with Gasteiger partial charge in [0.2, 0.25) is 0 Å². The summed E-state index contributed by atoms with van der Waals surface area (Å²) in [7, 11) is 0. The van der Waals surface area contributed by atoms with Gasteiger partial charge < -0.3 is 0 Å². The summed E-state index contributed by atoms with van der Waals surface area (Å²) < 4.78 is 24.4. The first-order chi connectivity index (χ1) is 6.24. The molecule has 3 heteroatoms. The van der Waals surface area contributed by atoms with Gasteiger partial charge in [-0.25, -0.2) is 8.78 Å². The number of nitriles is 1. The van der Waals surface area contributed by atoms with Gasteiger partial charge in [0.1, 0.15) is 0 Å². The van der Waals surface area contributed by atoms with E-state index in [4.69, 9.17) is 5.26 Å². The highest BCUT2D eigenvalue weighted by Gasteiger charge is 2.05. The Balaban J connectivity index is 2.93. The maximum Gasteiger partial charge on any atom is 0.263 e. The van der Waals surface area contributed by atoms with Gasteiger partial charge in [-0.2, -0.15) is 5.26 Å². The monoisotopic (exact) mass is 179 g/mol. The van der Waals surface area contributed by atoms with E-state index in [1.165, 1.54) is 24.3 Å². The molecule has 0 saturated heterocycles. The number of rotatable bonds is 2. The summed E-state index contributed by atoms with van der Waals surface area (Å²) in [5, 5.41) is 8.22. The largest absolute Gasteiger partial charge is 0.263 e. The van der Waals surface area contributed by atoms with Crippen molar-refractivity contribution < 1.29 is 8.78 Å². The highest BCUT2D eigenvalue weighted by atomic mass is 19.3. The molecule has 0 amide bonds. The van der Waals surface area contributed by atoms with Gasteiger partial charge in [0.15, 0.2) is 0 Å². The van der Waals surface area contributed by atoms with E-state index in [1.54, 1.807) is 18.2 Å². The zero-order valence-corrected chi connectivity index (χ0v) is 6.74. The first kappa shape index (κ1) is 9.40. The summed E-state index contributed by atoms with van der Waals surface area (Å²) in [4.78, 5) is 0. The number of halogens is 2. The van der Waals surface area contributed by atoms with Crippen LogP contribution in [0, 0.1) is 11.3 Å². The molecule has 0 spiro atoms. The smallest absolute Gasteiger partial charge is 0.205 e. The second kappa shape index (κ2) is 4.36. The topological polar surface area (TPSA) is 23.8 Å². The van der Waals surface area contributed by atoms with Crippen LogP contribution in [0.2, 0.25) is 0 Å². The molecule has 0 aliphatic heterocycles. The summed E-state index contributed by atoms with van der Waals surface area (Å²) in [6.07, 6.45) is 0.284. The third kappa shape index (κ3) is 2.68. The molecule has 1 rings (SSSR count). The van der Waals surface area contributed by atoms with Gasteiger partial charge >= 0.3 is 0 Å². The van der Waals surface area contributed by atoms with Crippen molar-refractivity contribution in [3.8, 4) is 6.07 Å². The van der Waals surface area contributed by atoms with Crippen LogP contribution in [-0.4, -0.2) is 0 Å². The van der Waals surface area contributed by atoms with E-state index in [1.807, 2.05) is 0 Å². The zero-order valence-electron chi connectivity index (χ0n) is 6.74. The van der Waals surface area contributed by atoms with Crippen molar-refractivity contribution in [1.82, 2.24) is 0 Å². The fraction of sp³-hybridized carbons (Fsp3) is 0.100. The van der Waals surface area contributed by atoms with Gasteiger partial charge in [0, 0.05) is 11.6 Å². The molecule has 0 bridgehead atoms. The Labute approximate surface area is 74.9 Å². The first-order valence-electron chi connectivity index (χ1n) is 3.68. The molecule has 13 heavy (non-hydrogen) atoms. The number of alkyl halides is 2. The molecule has 0 radical (unpaired) electrons. The van der Waals surface area contributed by atoms with Crippen LogP contribution in [-0.2, 0) is 0 Å². The highest BCUT2D eigenvalue weighted by Crippen LogP contribution is 2.19. The minimum Gasteiger partial charge on any atom is -0.205 e. The molecule has 0 saturated carbocycles. The van der Waals surface area contributed by atoms with E-state index in [9.17, 15) is 8.78 Å². The Hall–Kier alpha value is -1.69. The molecular formula is C10H7F2N. The normalized spacial score (nSPS) is 10.6. The van der Waals surface area contributed by atoms with Crippen molar-refractivity contribution in [2.24, 2.45) is 0 Å². The van der Waals surface area contributed by atoms with E-state index in [0.717, 1.165) is 0 Å². The Kier molecular flexibility index (Phi) is 3.15. The molecule has 1 aromatic rings. The fourth-order valence-electron chi connectivity index (χ4n) is 0.932. The lowest BCUT2D eigenvalue weighted by Crippen LogP contribution is -1.83. The van der Waals surface area contributed by atoms with E-state index < -0.39 is 6.43 Å². The lowest BCUT2D eigenvalue weighted by Gasteiger charge is -1.99. The van der Waals surface area contributed by atoms with Crippen molar-refractivity contribution >= 4 is 6.08 Å². The summed E-state index contributed by atoms with van der Waals surface area (Å²) >= 11 is 0. The average Bonchev–Trinajstić information content (AvgIpc) is 2.15. The maximum absolute atomic E-state index is 12.2. The lowest BCUT2D eigenvalue weighted by atomic mass is 10.1. The number of hydrogen-bond donors (Lipinski definition) is 0. The van der Waals surface area contributed by atoms with E-state index >= 15 is 0 Å². The van der Waals surface area contributed by atoms with E-state index in [2.05, 4.69) is 0 Å². The average molecular weight is 179 g/mol. The second-order valence-electron chi connectivity index (χ2n) is 2.43. The van der Waals surface area contributed by atoms with Gasteiger partial charge in [-0.3, -0.25) is 0 Å². The minimum absolute atomic E-state index is 0.0277. The summed E-state index contributed by atoms with van der Waals surface area (Å²) in [6.45, 7) is 0. The minimum atomic E-state index is -2.46. The molecule has 0 unspecified atom stereocenters. The molecule has 0 aromatic heterocycles. The van der Waals surface area contributed by atoms with Crippen LogP contribution in [0.1, 0.15) is 17.6 Å². The Bertz CT molecular complexity index is 350. The van der Waals surface area contributed by atoms with Crippen LogP contribution < -0.4 is 0 Å². The van der Waals surface area contributed by atoms with Gasteiger partial charge in [-0.15, -0.1) is 0 Å². The van der Waals surface area contributed by atoms with Crippen LogP contribution in [0.15, 0.2) is 30.3 Å². The lowest BCUT2D eigenvalue weighted by molar-refractivity contribution is 0.151. The van der Waals surface area contributed by atoms with Gasteiger partial charge in [0.05, 0.1) is 6.07 Å².